The van der Waals surface area contributed by atoms with Crippen molar-refractivity contribution >= 4 is 29.1 Å². The second-order valence-corrected chi connectivity index (χ2v) is 8.89. The molecule has 8 nitrogen and oxygen atoms in total. The van der Waals surface area contributed by atoms with Gasteiger partial charge in [0, 0.05) is 17.5 Å². The molecule has 1 amide bonds. The Kier molecular flexibility index (Phi) is 6.81. The highest BCUT2D eigenvalue weighted by Crippen LogP contribution is 2.33. The van der Waals surface area contributed by atoms with Crippen LogP contribution in [0.15, 0.2) is 82.2 Å². The average Bonchev–Trinajstić information content (AvgIpc) is 3.31. The molecule has 4 aromatic rings. The lowest BCUT2D eigenvalue weighted by Crippen LogP contribution is -2.25. The molecule has 0 fully saturated rings. The van der Waals surface area contributed by atoms with Gasteiger partial charge < -0.3 is 19.9 Å². The van der Waals surface area contributed by atoms with Crippen LogP contribution in [0.1, 0.15) is 11.1 Å². The number of phenols is 1. The minimum atomic E-state index is -0.186. The van der Waals surface area contributed by atoms with Crippen LogP contribution in [0, 0.1) is 0 Å². The van der Waals surface area contributed by atoms with Crippen LogP contribution >= 0.6 is 11.3 Å². The van der Waals surface area contributed by atoms with E-state index >= 15 is 0 Å². The minimum Gasteiger partial charge on any atom is -0.504 e. The van der Waals surface area contributed by atoms with Crippen LogP contribution in [0.3, 0.4) is 0 Å². The number of nitrogens with zero attached hydrogens (tertiary/aromatic N) is 3. The Morgan fingerprint density at radius 1 is 1.17 bits per heavy atom. The van der Waals surface area contributed by atoms with E-state index in [0.717, 1.165) is 28.0 Å². The second kappa shape index (κ2) is 10.5. The van der Waals surface area contributed by atoms with Gasteiger partial charge in [-0.25, -0.2) is 4.68 Å². The summed E-state index contributed by atoms with van der Waals surface area (Å²) in [6, 6.07) is 20.9. The summed E-state index contributed by atoms with van der Waals surface area (Å²) in [5.41, 5.74) is 4.28. The first-order chi connectivity index (χ1) is 17.6. The van der Waals surface area contributed by atoms with Gasteiger partial charge in [-0.3, -0.25) is 9.79 Å². The monoisotopic (exact) mass is 500 g/mol. The van der Waals surface area contributed by atoms with Crippen LogP contribution in [-0.4, -0.2) is 42.2 Å². The van der Waals surface area contributed by atoms with Gasteiger partial charge in [0.25, 0.3) is 5.91 Å². The quantitative estimate of drug-likeness (QED) is 0.370. The van der Waals surface area contributed by atoms with Crippen LogP contribution in [-0.2, 0) is 11.2 Å². The third-order valence-corrected chi connectivity index (χ3v) is 6.46. The summed E-state index contributed by atoms with van der Waals surface area (Å²) in [5.74, 6) is 0.877. The number of fused-ring (bicyclic) bond motifs is 1. The highest BCUT2D eigenvalue weighted by molar-refractivity contribution is 7.07. The number of thiazole rings is 1. The molecule has 0 aliphatic carbocycles. The SMILES string of the molecule is COc1cc(C=Nn2c(-c3ccc4c(c3)NC(=O)CO4)csc2=NCCc2ccccc2)ccc1O. The molecule has 0 saturated heterocycles. The number of carbonyl (C=O) groups excluding carboxylic acids is 1. The van der Waals surface area contributed by atoms with E-state index in [0.29, 0.717) is 23.7 Å². The van der Waals surface area contributed by atoms with Crippen molar-refractivity contribution in [2.45, 2.75) is 6.42 Å². The van der Waals surface area contributed by atoms with E-state index in [1.54, 1.807) is 29.1 Å². The number of hydrogen-bond donors (Lipinski definition) is 2. The van der Waals surface area contributed by atoms with E-state index in [-0.39, 0.29) is 18.3 Å². The van der Waals surface area contributed by atoms with E-state index in [1.807, 2.05) is 41.8 Å². The van der Waals surface area contributed by atoms with E-state index in [9.17, 15) is 9.90 Å². The number of ether oxygens (including phenoxy) is 2. The molecule has 0 atom stereocenters. The molecule has 0 radical (unpaired) electrons. The molecule has 1 aromatic heterocycles. The molecule has 1 aliphatic rings. The van der Waals surface area contributed by atoms with Crippen LogP contribution < -0.4 is 19.6 Å². The third-order valence-electron chi connectivity index (χ3n) is 5.61. The first kappa shape index (κ1) is 23.4. The zero-order valence-corrected chi connectivity index (χ0v) is 20.4. The highest BCUT2D eigenvalue weighted by Gasteiger charge is 2.18. The number of carbonyl (C=O) groups is 1. The van der Waals surface area contributed by atoms with Gasteiger partial charge in [-0.15, -0.1) is 11.3 Å². The van der Waals surface area contributed by atoms with Gasteiger partial charge in [0.1, 0.15) is 5.75 Å². The molecule has 2 heterocycles. The Morgan fingerprint density at radius 3 is 2.86 bits per heavy atom. The molecule has 2 N–H and O–H groups in total. The number of nitrogens with one attached hydrogen (secondary N) is 1. The minimum absolute atomic E-state index is 0.00955. The molecule has 182 valence electrons. The molecular formula is C27H24N4O4S. The Bertz CT molecular complexity index is 1490. The van der Waals surface area contributed by atoms with Crippen molar-refractivity contribution in [2.24, 2.45) is 10.1 Å². The summed E-state index contributed by atoms with van der Waals surface area (Å²) in [6.45, 7) is 0.621. The number of phenolic OH excluding ortho intramolecular Hbond substituents is 1. The van der Waals surface area contributed by atoms with Gasteiger partial charge in [-0.1, -0.05) is 30.3 Å². The standard InChI is InChI=1S/C27H24N4O4S/c1-34-25-13-19(7-9-23(25)32)15-29-31-22(20-8-10-24-21(14-20)30-26(33)16-35-24)17-36-27(31)28-12-11-18-5-3-2-4-6-18/h2-10,13-15,17,32H,11-12,16H2,1H3,(H,30,33). The van der Waals surface area contributed by atoms with Gasteiger partial charge >= 0.3 is 0 Å². The second-order valence-electron chi connectivity index (χ2n) is 8.06. The van der Waals surface area contributed by atoms with Crippen molar-refractivity contribution in [3.8, 4) is 28.5 Å². The topological polar surface area (TPSA) is 97.4 Å². The lowest BCUT2D eigenvalue weighted by Gasteiger charge is -2.18. The molecular weight excluding hydrogens is 476 g/mol. The maximum atomic E-state index is 11.8. The van der Waals surface area contributed by atoms with Crippen LogP contribution in [0.4, 0.5) is 5.69 Å². The molecule has 36 heavy (non-hydrogen) atoms. The van der Waals surface area contributed by atoms with Crippen molar-refractivity contribution in [3.05, 3.63) is 88.0 Å². The van der Waals surface area contributed by atoms with Crippen molar-refractivity contribution in [2.75, 3.05) is 25.6 Å². The first-order valence-corrected chi connectivity index (χ1v) is 12.2. The van der Waals surface area contributed by atoms with Gasteiger partial charge in [-0.2, -0.15) is 5.10 Å². The third kappa shape index (κ3) is 5.16. The predicted octanol–water partition coefficient (Wildman–Crippen LogP) is 4.29. The van der Waals surface area contributed by atoms with Gasteiger partial charge in [0.2, 0.25) is 4.80 Å². The fourth-order valence-corrected chi connectivity index (χ4v) is 4.65. The zero-order chi connectivity index (χ0) is 24.9. The van der Waals surface area contributed by atoms with E-state index in [4.69, 9.17) is 19.6 Å². The van der Waals surface area contributed by atoms with E-state index < -0.39 is 0 Å². The molecule has 0 spiro atoms. The van der Waals surface area contributed by atoms with Crippen molar-refractivity contribution in [3.63, 3.8) is 0 Å². The van der Waals surface area contributed by atoms with Crippen molar-refractivity contribution in [1.29, 1.82) is 0 Å². The normalized spacial score (nSPS) is 13.4. The maximum Gasteiger partial charge on any atom is 0.262 e. The average molecular weight is 501 g/mol. The number of rotatable bonds is 7. The number of methoxy groups -OCH3 is 1. The smallest absolute Gasteiger partial charge is 0.262 e. The molecule has 1 aliphatic heterocycles. The molecule has 0 unspecified atom stereocenters. The van der Waals surface area contributed by atoms with Crippen LogP contribution in [0.5, 0.6) is 17.2 Å². The maximum absolute atomic E-state index is 11.8. The summed E-state index contributed by atoms with van der Waals surface area (Å²) in [5, 5.41) is 19.5. The van der Waals surface area contributed by atoms with Crippen molar-refractivity contribution < 1.29 is 19.4 Å². The molecule has 5 rings (SSSR count). The van der Waals surface area contributed by atoms with Gasteiger partial charge in [-0.05, 0) is 53.9 Å². The predicted molar refractivity (Wildman–Crippen MR) is 140 cm³/mol. The molecule has 0 bridgehead atoms. The van der Waals surface area contributed by atoms with Crippen LogP contribution in [0.25, 0.3) is 11.3 Å². The molecule has 0 saturated carbocycles. The summed E-state index contributed by atoms with van der Waals surface area (Å²) >= 11 is 1.49. The van der Waals surface area contributed by atoms with E-state index in [1.165, 1.54) is 24.0 Å². The molecule has 3 aromatic carbocycles. The number of aromatic nitrogens is 1. The summed E-state index contributed by atoms with van der Waals surface area (Å²) in [7, 11) is 1.50. The lowest BCUT2D eigenvalue weighted by atomic mass is 10.1. The van der Waals surface area contributed by atoms with E-state index in [2.05, 4.69) is 17.4 Å². The molecule has 9 heteroatoms. The Labute approximate surface area is 211 Å². The fourth-order valence-electron chi connectivity index (χ4n) is 3.78. The number of benzene rings is 3. The Hall–Kier alpha value is -4.37. The highest BCUT2D eigenvalue weighted by atomic mass is 32.1. The number of aromatic hydroxyl groups is 1. The fraction of sp³-hybridized carbons (Fsp3) is 0.148. The summed E-state index contributed by atoms with van der Waals surface area (Å²) in [6.07, 6.45) is 2.51. The first-order valence-electron chi connectivity index (χ1n) is 11.3. The van der Waals surface area contributed by atoms with Crippen molar-refractivity contribution in [1.82, 2.24) is 4.68 Å². The number of amides is 1. The zero-order valence-electron chi connectivity index (χ0n) is 19.5. The Balaban J connectivity index is 1.52. The lowest BCUT2D eigenvalue weighted by molar-refractivity contribution is -0.118. The summed E-state index contributed by atoms with van der Waals surface area (Å²) < 4.78 is 12.5. The van der Waals surface area contributed by atoms with Gasteiger partial charge in [0.15, 0.2) is 18.1 Å². The largest absolute Gasteiger partial charge is 0.504 e. The summed E-state index contributed by atoms with van der Waals surface area (Å²) in [4.78, 5) is 17.4. The van der Waals surface area contributed by atoms with Gasteiger partial charge in [0.05, 0.1) is 24.7 Å². The Morgan fingerprint density at radius 2 is 2.03 bits per heavy atom. The number of anilines is 1. The van der Waals surface area contributed by atoms with Crippen LogP contribution in [0.2, 0.25) is 0 Å². The number of hydrogen-bond acceptors (Lipinski definition) is 7.